The van der Waals surface area contributed by atoms with E-state index in [0.29, 0.717) is 10.6 Å². The zero-order valence-corrected chi connectivity index (χ0v) is 17.1. The number of rotatable bonds is 5. The number of carbonyl (C=O) groups excluding carboxylic acids is 1. The highest BCUT2D eigenvalue weighted by Gasteiger charge is 2.48. The van der Waals surface area contributed by atoms with Gasteiger partial charge in [-0.25, -0.2) is 0 Å². The van der Waals surface area contributed by atoms with E-state index in [9.17, 15) is 18.0 Å². The van der Waals surface area contributed by atoms with Gasteiger partial charge < -0.3 is 4.90 Å². The molecule has 0 bridgehead atoms. The highest BCUT2D eigenvalue weighted by atomic mass is 32.2. The maximum Gasteiger partial charge on any atom is 0.416 e. The van der Waals surface area contributed by atoms with Crippen LogP contribution in [0.5, 0.6) is 0 Å². The van der Waals surface area contributed by atoms with Crippen LogP contribution in [-0.4, -0.2) is 11.7 Å². The molecule has 3 aromatic rings. The van der Waals surface area contributed by atoms with Gasteiger partial charge in [0.15, 0.2) is 0 Å². The molecule has 154 valence electrons. The Labute approximate surface area is 177 Å². The Morgan fingerprint density at radius 1 is 0.933 bits per heavy atom. The van der Waals surface area contributed by atoms with E-state index in [4.69, 9.17) is 0 Å². The SMILES string of the molecule is Cc1ccc(N2C(=O)[C@H](CSc3cccc(C(F)(F)F)c3)[C@H]2c2ccccc2)cc1. The molecule has 3 aromatic carbocycles. The fourth-order valence-corrected chi connectivity index (χ4v) is 4.77. The molecule has 0 aromatic heterocycles. The number of amides is 1. The molecule has 1 fully saturated rings. The second-order valence-corrected chi connectivity index (χ2v) is 8.44. The van der Waals surface area contributed by atoms with Gasteiger partial charge in [0.25, 0.3) is 0 Å². The van der Waals surface area contributed by atoms with Crippen molar-refractivity contribution in [3.05, 3.63) is 95.6 Å². The average molecular weight is 427 g/mol. The van der Waals surface area contributed by atoms with Crippen molar-refractivity contribution in [1.82, 2.24) is 0 Å². The summed E-state index contributed by atoms with van der Waals surface area (Å²) in [6.45, 7) is 1.99. The number of alkyl halides is 3. The normalized spacial score (nSPS) is 18.9. The van der Waals surface area contributed by atoms with Gasteiger partial charge in [-0.1, -0.05) is 54.1 Å². The molecule has 1 saturated heterocycles. The number of thioether (sulfide) groups is 1. The van der Waals surface area contributed by atoms with Crippen molar-refractivity contribution in [2.75, 3.05) is 10.7 Å². The summed E-state index contributed by atoms with van der Waals surface area (Å²) in [5, 5.41) is 0. The Kier molecular flexibility index (Phi) is 5.60. The predicted molar refractivity (Wildman–Crippen MR) is 114 cm³/mol. The zero-order valence-electron chi connectivity index (χ0n) is 16.3. The second-order valence-electron chi connectivity index (χ2n) is 7.34. The summed E-state index contributed by atoms with van der Waals surface area (Å²) in [7, 11) is 0. The van der Waals surface area contributed by atoms with E-state index in [1.165, 1.54) is 17.8 Å². The van der Waals surface area contributed by atoms with Crippen LogP contribution < -0.4 is 4.90 Å². The highest BCUT2D eigenvalue weighted by molar-refractivity contribution is 7.99. The van der Waals surface area contributed by atoms with E-state index in [1.807, 2.05) is 61.5 Å². The van der Waals surface area contributed by atoms with E-state index < -0.39 is 11.7 Å². The fourth-order valence-electron chi connectivity index (χ4n) is 3.68. The number of β-lactam (4-membered cyclic amide) rings is 1. The number of hydrogen-bond donors (Lipinski definition) is 0. The van der Waals surface area contributed by atoms with Gasteiger partial charge >= 0.3 is 6.18 Å². The molecule has 1 aliphatic rings. The van der Waals surface area contributed by atoms with Crippen molar-refractivity contribution in [3.63, 3.8) is 0 Å². The topological polar surface area (TPSA) is 20.3 Å². The fraction of sp³-hybridized carbons (Fsp3) is 0.208. The summed E-state index contributed by atoms with van der Waals surface area (Å²) in [6.07, 6.45) is -4.38. The molecule has 1 amide bonds. The first-order valence-corrected chi connectivity index (χ1v) is 10.6. The number of aryl methyl sites for hydroxylation is 1. The number of carbonyl (C=O) groups is 1. The van der Waals surface area contributed by atoms with Crippen molar-refractivity contribution in [1.29, 1.82) is 0 Å². The number of benzene rings is 3. The summed E-state index contributed by atoms with van der Waals surface area (Å²) in [5.41, 5.74) is 2.29. The van der Waals surface area contributed by atoms with E-state index in [1.54, 1.807) is 11.0 Å². The molecule has 0 spiro atoms. The lowest BCUT2D eigenvalue weighted by Crippen LogP contribution is -2.56. The lowest BCUT2D eigenvalue weighted by Gasteiger charge is -2.47. The maximum absolute atomic E-state index is 13.0. The molecule has 1 aliphatic heterocycles. The number of halogens is 3. The Morgan fingerprint density at radius 3 is 2.30 bits per heavy atom. The van der Waals surface area contributed by atoms with Crippen LogP contribution in [0.2, 0.25) is 0 Å². The van der Waals surface area contributed by atoms with Crippen LogP contribution in [0.25, 0.3) is 0 Å². The molecular formula is C24H20F3NOS. The third-order valence-electron chi connectivity index (χ3n) is 5.26. The zero-order chi connectivity index (χ0) is 21.3. The molecule has 0 radical (unpaired) electrons. The van der Waals surface area contributed by atoms with Crippen molar-refractivity contribution in [2.24, 2.45) is 5.92 Å². The predicted octanol–water partition coefficient (Wildman–Crippen LogP) is 6.51. The van der Waals surface area contributed by atoms with Crippen LogP contribution in [0.4, 0.5) is 18.9 Å². The number of hydrogen-bond acceptors (Lipinski definition) is 2. The van der Waals surface area contributed by atoms with Gasteiger partial charge in [-0.2, -0.15) is 13.2 Å². The van der Waals surface area contributed by atoms with Crippen LogP contribution in [0.3, 0.4) is 0 Å². The minimum Gasteiger partial charge on any atom is -0.304 e. The summed E-state index contributed by atoms with van der Waals surface area (Å²) in [5.74, 6) is 0.114. The Morgan fingerprint density at radius 2 is 1.63 bits per heavy atom. The van der Waals surface area contributed by atoms with E-state index in [0.717, 1.165) is 28.9 Å². The van der Waals surface area contributed by atoms with Crippen LogP contribution in [0.1, 0.15) is 22.7 Å². The van der Waals surface area contributed by atoms with Crippen LogP contribution in [-0.2, 0) is 11.0 Å². The van der Waals surface area contributed by atoms with Gasteiger partial charge in [-0.05, 0) is 42.8 Å². The Bertz CT molecular complexity index is 1030. The number of nitrogens with zero attached hydrogens (tertiary/aromatic N) is 1. The molecule has 0 unspecified atom stereocenters. The van der Waals surface area contributed by atoms with Crippen LogP contribution in [0, 0.1) is 12.8 Å². The highest BCUT2D eigenvalue weighted by Crippen LogP contribution is 2.45. The minimum absolute atomic E-state index is 0.00724. The van der Waals surface area contributed by atoms with E-state index in [-0.39, 0.29) is 17.9 Å². The second kappa shape index (κ2) is 8.19. The van der Waals surface area contributed by atoms with Gasteiger partial charge in [0, 0.05) is 16.3 Å². The Hall–Kier alpha value is -2.73. The summed E-state index contributed by atoms with van der Waals surface area (Å²) in [4.78, 5) is 15.3. The lowest BCUT2D eigenvalue weighted by atomic mass is 9.83. The van der Waals surface area contributed by atoms with Gasteiger partial charge in [-0.15, -0.1) is 11.8 Å². The van der Waals surface area contributed by atoms with Crippen LogP contribution >= 0.6 is 11.8 Å². The quantitative estimate of drug-likeness (QED) is 0.342. The largest absolute Gasteiger partial charge is 0.416 e. The third kappa shape index (κ3) is 4.10. The standard InChI is InChI=1S/C24H20F3NOS/c1-16-10-12-19(13-11-16)28-22(17-6-3-2-4-7-17)21(23(28)29)15-30-20-9-5-8-18(14-20)24(25,26)27/h2-14,21-22H,15H2,1H3/t21-,22-/m1/s1. The molecule has 6 heteroatoms. The first-order valence-electron chi connectivity index (χ1n) is 9.59. The summed E-state index contributed by atoms with van der Waals surface area (Å²) < 4.78 is 39.0. The van der Waals surface area contributed by atoms with Crippen molar-refractivity contribution >= 4 is 23.4 Å². The molecule has 0 aliphatic carbocycles. The van der Waals surface area contributed by atoms with Gasteiger partial charge in [0.1, 0.15) is 0 Å². The smallest absolute Gasteiger partial charge is 0.304 e. The third-order valence-corrected chi connectivity index (χ3v) is 6.37. The van der Waals surface area contributed by atoms with Crippen molar-refractivity contribution < 1.29 is 18.0 Å². The van der Waals surface area contributed by atoms with Gasteiger partial charge in [0.05, 0.1) is 17.5 Å². The molecule has 4 rings (SSSR count). The summed E-state index contributed by atoms with van der Waals surface area (Å²) in [6, 6.07) is 22.7. The molecule has 30 heavy (non-hydrogen) atoms. The first-order chi connectivity index (χ1) is 14.3. The monoisotopic (exact) mass is 427 g/mol. The van der Waals surface area contributed by atoms with Gasteiger partial charge in [-0.3, -0.25) is 4.79 Å². The minimum atomic E-state index is -4.38. The molecule has 2 nitrogen and oxygen atoms in total. The molecule has 2 atom stereocenters. The van der Waals surface area contributed by atoms with Crippen LogP contribution in [0.15, 0.2) is 83.8 Å². The summed E-state index contributed by atoms with van der Waals surface area (Å²) >= 11 is 1.29. The Balaban J connectivity index is 1.57. The molecule has 0 N–H and O–H groups in total. The lowest BCUT2D eigenvalue weighted by molar-refractivity contribution is -0.137. The maximum atomic E-state index is 13.0. The van der Waals surface area contributed by atoms with Crippen molar-refractivity contribution in [2.45, 2.75) is 24.0 Å². The van der Waals surface area contributed by atoms with Crippen molar-refractivity contribution in [3.8, 4) is 0 Å². The molecule has 1 heterocycles. The first kappa shape index (κ1) is 20.5. The molecule has 0 saturated carbocycles. The van der Waals surface area contributed by atoms with Gasteiger partial charge in [0.2, 0.25) is 5.91 Å². The number of anilines is 1. The van der Waals surface area contributed by atoms with E-state index in [2.05, 4.69) is 0 Å². The van der Waals surface area contributed by atoms with E-state index >= 15 is 0 Å². The molecular weight excluding hydrogens is 407 g/mol. The average Bonchev–Trinajstić information content (AvgIpc) is 2.73.